The summed E-state index contributed by atoms with van der Waals surface area (Å²) in [4.78, 5) is 26.2. The molecule has 0 saturated carbocycles. The number of piperidine rings is 1. The largest absolute Gasteiger partial charge is 0.492 e. The van der Waals surface area contributed by atoms with Crippen LogP contribution in [0.4, 0.5) is 11.4 Å². The molecule has 226 valence electrons. The van der Waals surface area contributed by atoms with Gasteiger partial charge in [0.15, 0.2) is 11.4 Å². The van der Waals surface area contributed by atoms with Gasteiger partial charge in [-0.05, 0) is 79.6 Å². The van der Waals surface area contributed by atoms with Gasteiger partial charge < -0.3 is 20.7 Å². The molecule has 13 heteroatoms. The van der Waals surface area contributed by atoms with Gasteiger partial charge in [0.25, 0.3) is 11.8 Å². The molecular weight excluding hydrogens is 558 g/mol. The minimum absolute atomic E-state index is 0.183. The van der Waals surface area contributed by atoms with Gasteiger partial charge in [-0.15, -0.1) is 5.10 Å². The molecule has 3 aromatic rings. The number of amides is 2. The minimum Gasteiger partial charge on any atom is -0.492 e. The van der Waals surface area contributed by atoms with E-state index in [4.69, 9.17) is 4.74 Å². The molecule has 0 bridgehead atoms. The van der Waals surface area contributed by atoms with Crippen LogP contribution in [0.15, 0.2) is 36.5 Å². The van der Waals surface area contributed by atoms with Crippen LogP contribution in [0.1, 0.15) is 65.6 Å². The smallest absolute Gasteiger partial charge is 0.273 e. The molecule has 2 aromatic carbocycles. The van der Waals surface area contributed by atoms with E-state index >= 15 is 0 Å². The number of rotatable bonds is 9. The normalized spacial score (nSPS) is 15.6. The van der Waals surface area contributed by atoms with E-state index in [1.807, 2.05) is 27.7 Å². The standard InChI is InChI=1S/C29H39N7O5S/c1-18-9-10-20(12-25(18)36-17-24(33-35-36)28(38)31-16-19-8-7-11-30-15-19)27(37)32-22-13-21(29(2,3)4)14-23(26(22)41-5)34-42(6,39)40/h9-10,12-14,17,19,30,34H,7-8,11,15-16H2,1-6H3,(H,31,38)(H,32,37). The first kappa shape index (κ1) is 31.0. The molecule has 1 unspecified atom stereocenters. The van der Waals surface area contributed by atoms with Gasteiger partial charge in [-0.1, -0.05) is 32.1 Å². The van der Waals surface area contributed by atoms with Crippen LogP contribution in [-0.4, -0.2) is 68.2 Å². The van der Waals surface area contributed by atoms with Crippen LogP contribution in [0.3, 0.4) is 0 Å². The van der Waals surface area contributed by atoms with Crippen LogP contribution in [-0.2, 0) is 15.4 Å². The van der Waals surface area contributed by atoms with E-state index < -0.39 is 15.9 Å². The predicted molar refractivity (Wildman–Crippen MR) is 162 cm³/mol. The number of benzene rings is 2. The SMILES string of the molecule is COc1c(NC(=O)c2ccc(C)c(-n3cc(C(=O)NCC4CCCNC4)nn3)c2)cc(C(C)(C)C)cc1NS(C)(=O)=O. The van der Waals surface area contributed by atoms with Crippen LogP contribution < -0.4 is 25.4 Å². The summed E-state index contributed by atoms with van der Waals surface area (Å²) in [6, 6.07) is 8.58. The van der Waals surface area contributed by atoms with E-state index in [0.29, 0.717) is 29.4 Å². The molecule has 0 spiro atoms. The number of nitrogens with one attached hydrogen (secondary N) is 4. The number of carbonyl (C=O) groups is 2. The van der Waals surface area contributed by atoms with Crippen molar-refractivity contribution in [3.63, 3.8) is 0 Å². The molecule has 1 atom stereocenters. The van der Waals surface area contributed by atoms with E-state index in [0.717, 1.165) is 43.3 Å². The Kier molecular flexibility index (Phi) is 9.21. The Bertz CT molecular complexity index is 1570. The fourth-order valence-corrected chi connectivity index (χ4v) is 5.30. The molecule has 1 fully saturated rings. The second kappa shape index (κ2) is 12.5. The highest BCUT2D eigenvalue weighted by molar-refractivity contribution is 7.92. The lowest BCUT2D eigenvalue weighted by atomic mass is 9.86. The molecule has 12 nitrogen and oxygen atoms in total. The molecule has 1 aliphatic rings. The van der Waals surface area contributed by atoms with Gasteiger partial charge in [0.1, 0.15) is 0 Å². The summed E-state index contributed by atoms with van der Waals surface area (Å²) in [6.07, 6.45) is 4.75. The summed E-state index contributed by atoms with van der Waals surface area (Å²) in [5, 5.41) is 17.3. The lowest BCUT2D eigenvalue weighted by Gasteiger charge is -2.24. The third kappa shape index (κ3) is 7.65. The van der Waals surface area contributed by atoms with Gasteiger partial charge in [-0.2, -0.15) is 0 Å². The third-order valence-corrected chi connectivity index (χ3v) is 7.69. The van der Waals surface area contributed by atoms with Crippen molar-refractivity contribution < 1.29 is 22.7 Å². The average molecular weight is 598 g/mol. The summed E-state index contributed by atoms with van der Waals surface area (Å²) < 4.78 is 33.6. The fourth-order valence-electron chi connectivity index (χ4n) is 4.75. The quantitative estimate of drug-likeness (QED) is 0.293. The predicted octanol–water partition coefficient (Wildman–Crippen LogP) is 3.24. The van der Waals surface area contributed by atoms with Crippen LogP contribution in [0.5, 0.6) is 5.75 Å². The number of sulfonamides is 1. The van der Waals surface area contributed by atoms with Gasteiger partial charge in [0.05, 0.1) is 36.6 Å². The van der Waals surface area contributed by atoms with E-state index in [9.17, 15) is 18.0 Å². The average Bonchev–Trinajstić information content (AvgIpc) is 3.41. The topological polar surface area (TPSA) is 156 Å². The Balaban J connectivity index is 1.58. The molecule has 0 aliphatic carbocycles. The number of carbonyl (C=O) groups excluding carboxylic acids is 2. The lowest BCUT2D eigenvalue weighted by molar-refractivity contribution is 0.0939. The second-order valence-electron chi connectivity index (χ2n) is 11.7. The maximum absolute atomic E-state index is 13.5. The zero-order valence-electron chi connectivity index (χ0n) is 24.9. The lowest BCUT2D eigenvalue weighted by Crippen LogP contribution is -2.38. The second-order valence-corrected chi connectivity index (χ2v) is 13.4. The highest BCUT2D eigenvalue weighted by Gasteiger charge is 2.23. The summed E-state index contributed by atoms with van der Waals surface area (Å²) in [7, 11) is -2.21. The van der Waals surface area contributed by atoms with Crippen molar-refractivity contribution >= 4 is 33.2 Å². The van der Waals surface area contributed by atoms with Crippen molar-refractivity contribution in [3.8, 4) is 11.4 Å². The molecule has 1 aliphatic heterocycles. The highest BCUT2D eigenvalue weighted by Crippen LogP contribution is 2.39. The van der Waals surface area contributed by atoms with E-state index in [2.05, 4.69) is 31.0 Å². The third-order valence-electron chi connectivity index (χ3n) is 7.10. The van der Waals surface area contributed by atoms with E-state index in [-0.39, 0.29) is 28.5 Å². The fraction of sp³-hybridized carbons (Fsp3) is 0.448. The van der Waals surface area contributed by atoms with Gasteiger partial charge >= 0.3 is 0 Å². The molecule has 0 radical (unpaired) electrons. The number of methoxy groups -OCH3 is 1. The number of anilines is 2. The van der Waals surface area contributed by atoms with Crippen LogP contribution in [0.25, 0.3) is 5.69 Å². The first-order valence-electron chi connectivity index (χ1n) is 13.8. The zero-order valence-corrected chi connectivity index (χ0v) is 25.7. The van der Waals surface area contributed by atoms with Crippen LogP contribution in [0.2, 0.25) is 0 Å². The highest BCUT2D eigenvalue weighted by atomic mass is 32.2. The molecule has 2 heterocycles. The van der Waals surface area contributed by atoms with Crippen molar-refractivity contribution in [3.05, 3.63) is 58.9 Å². The summed E-state index contributed by atoms with van der Waals surface area (Å²) in [5.41, 5.74) is 2.90. The number of ether oxygens (including phenoxy) is 1. The van der Waals surface area contributed by atoms with Crippen molar-refractivity contribution in [1.29, 1.82) is 0 Å². The van der Waals surface area contributed by atoms with Gasteiger partial charge in [0, 0.05) is 12.1 Å². The number of hydrogen-bond acceptors (Lipinski definition) is 8. The van der Waals surface area contributed by atoms with Crippen molar-refractivity contribution in [1.82, 2.24) is 25.6 Å². The summed E-state index contributed by atoms with van der Waals surface area (Å²) >= 11 is 0. The Labute approximate surface area is 246 Å². The number of nitrogens with zero attached hydrogens (tertiary/aromatic N) is 3. The Morgan fingerprint density at radius 2 is 1.88 bits per heavy atom. The molecular formula is C29H39N7O5S. The molecule has 1 saturated heterocycles. The number of aryl methyl sites for hydroxylation is 1. The van der Waals surface area contributed by atoms with Crippen LogP contribution in [0, 0.1) is 12.8 Å². The molecule has 2 amide bonds. The maximum Gasteiger partial charge on any atom is 0.273 e. The van der Waals surface area contributed by atoms with Crippen LogP contribution >= 0.6 is 0 Å². The molecule has 42 heavy (non-hydrogen) atoms. The molecule has 1 aromatic heterocycles. The Hall–Kier alpha value is -3.97. The molecule has 4 N–H and O–H groups in total. The maximum atomic E-state index is 13.5. The first-order valence-corrected chi connectivity index (χ1v) is 15.7. The zero-order chi connectivity index (χ0) is 30.7. The number of hydrogen-bond donors (Lipinski definition) is 4. The molecule has 4 rings (SSSR count). The Morgan fingerprint density at radius 1 is 1.14 bits per heavy atom. The van der Waals surface area contributed by atoms with Crippen molar-refractivity contribution in [2.24, 2.45) is 5.92 Å². The monoisotopic (exact) mass is 597 g/mol. The Morgan fingerprint density at radius 3 is 2.52 bits per heavy atom. The van der Waals surface area contributed by atoms with Crippen molar-refractivity contribution in [2.75, 3.05) is 43.0 Å². The van der Waals surface area contributed by atoms with Crippen molar-refractivity contribution in [2.45, 2.75) is 46.0 Å². The summed E-state index contributed by atoms with van der Waals surface area (Å²) in [5.74, 6) is -0.172. The first-order chi connectivity index (χ1) is 19.7. The van der Waals surface area contributed by atoms with E-state index in [1.165, 1.54) is 18.0 Å². The number of aromatic nitrogens is 3. The van der Waals surface area contributed by atoms with E-state index in [1.54, 1.807) is 30.3 Å². The van der Waals surface area contributed by atoms with Gasteiger partial charge in [-0.25, -0.2) is 13.1 Å². The van der Waals surface area contributed by atoms with Gasteiger partial charge in [-0.3, -0.25) is 14.3 Å². The minimum atomic E-state index is -3.61. The summed E-state index contributed by atoms with van der Waals surface area (Å²) in [6.45, 7) is 10.3. The van der Waals surface area contributed by atoms with Gasteiger partial charge in [0.2, 0.25) is 10.0 Å².